The number of aliphatic hydroxyl groups excluding tert-OH is 1. The number of aliphatic hydroxyl groups is 1. The van der Waals surface area contributed by atoms with Gasteiger partial charge in [0.2, 0.25) is 0 Å². The molecule has 6 nitrogen and oxygen atoms in total. The summed E-state index contributed by atoms with van der Waals surface area (Å²) in [6.45, 7) is -0.665. The summed E-state index contributed by atoms with van der Waals surface area (Å²) >= 11 is 0. The molecule has 2 aromatic carbocycles. The van der Waals surface area contributed by atoms with Crippen molar-refractivity contribution in [2.24, 2.45) is 0 Å². The van der Waals surface area contributed by atoms with Gasteiger partial charge in [-0.25, -0.2) is 4.39 Å². The minimum absolute atomic E-state index is 0.00635. The second-order valence-electron chi connectivity index (χ2n) is 8.73. The Hall–Kier alpha value is -3.87. The summed E-state index contributed by atoms with van der Waals surface area (Å²) < 4.78 is 102. The fourth-order valence-electron chi connectivity index (χ4n) is 4.49. The van der Waals surface area contributed by atoms with Crippen LogP contribution in [0.3, 0.4) is 0 Å². The summed E-state index contributed by atoms with van der Waals surface area (Å²) in [6.07, 6.45) is -8.90. The number of carbonyl (C=O) groups excluding carboxylic acids is 1. The van der Waals surface area contributed by atoms with E-state index >= 15 is 0 Å². The van der Waals surface area contributed by atoms with Crippen LogP contribution < -0.4 is 14.8 Å². The number of fused-ring (bicyclic) bond motifs is 1. The van der Waals surface area contributed by atoms with E-state index in [1.165, 1.54) is 18.3 Å². The van der Waals surface area contributed by atoms with E-state index in [0.29, 0.717) is 0 Å². The van der Waals surface area contributed by atoms with Crippen molar-refractivity contribution in [2.75, 3.05) is 13.2 Å². The molecule has 208 valence electrons. The van der Waals surface area contributed by atoms with Gasteiger partial charge in [-0.15, -0.1) is 13.2 Å². The van der Waals surface area contributed by atoms with E-state index in [2.05, 4.69) is 15.0 Å². The Morgan fingerprint density at radius 2 is 1.82 bits per heavy atom. The van der Waals surface area contributed by atoms with Crippen molar-refractivity contribution >= 4 is 5.91 Å². The number of ether oxygens (including phenoxy) is 2. The van der Waals surface area contributed by atoms with Crippen molar-refractivity contribution in [3.05, 3.63) is 89.0 Å². The molecule has 1 aliphatic rings. The molecule has 1 unspecified atom stereocenters. The van der Waals surface area contributed by atoms with Crippen LogP contribution in [0.25, 0.3) is 0 Å². The van der Waals surface area contributed by atoms with Gasteiger partial charge < -0.3 is 19.9 Å². The highest BCUT2D eigenvalue weighted by Gasteiger charge is 2.44. The highest BCUT2D eigenvalue weighted by Crippen LogP contribution is 2.42. The molecule has 4 rings (SSSR count). The number of hydrogen-bond donors (Lipinski definition) is 2. The zero-order valence-corrected chi connectivity index (χ0v) is 19.9. The first-order chi connectivity index (χ1) is 18.3. The lowest BCUT2D eigenvalue weighted by molar-refractivity contribution is -0.275. The van der Waals surface area contributed by atoms with Gasteiger partial charge in [-0.05, 0) is 53.9 Å². The number of nitrogens with zero attached hydrogens (tertiary/aromatic N) is 1. The summed E-state index contributed by atoms with van der Waals surface area (Å²) in [5.74, 6) is -4.86. The standard InChI is InChI=1S/C26H21F7N2O4/c27-19-14-17(7-8-20(19)39-26(31,32)33)24(10-13-38-21-2-1-11-34-22(21)24)35-23(37)16-5-3-15(4-6-16)18(9-12-36)25(28,29)30/h1-8,11,14,18,36H,9-10,12-13H2,(H,35,37)/t18?,24-/m0/s1. The predicted molar refractivity (Wildman–Crippen MR) is 123 cm³/mol. The quantitative estimate of drug-likeness (QED) is 0.369. The highest BCUT2D eigenvalue weighted by atomic mass is 19.4. The number of carbonyl (C=O) groups is 1. The monoisotopic (exact) mass is 558 g/mol. The average Bonchev–Trinajstić information content (AvgIpc) is 2.87. The molecule has 0 bridgehead atoms. The first-order valence-corrected chi connectivity index (χ1v) is 11.6. The Balaban J connectivity index is 1.72. The molecule has 0 fully saturated rings. The molecule has 13 heteroatoms. The van der Waals surface area contributed by atoms with E-state index in [4.69, 9.17) is 9.84 Å². The zero-order chi connectivity index (χ0) is 28.4. The predicted octanol–water partition coefficient (Wildman–Crippen LogP) is 5.60. The Kier molecular flexibility index (Phi) is 7.73. The molecule has 39 heavy (non-hydrogen) atoms. The van der Waals surface area contributed by atoms with Gasteiger partial charge in [-0.3, -0.25) is 9.78 Å². The first-order valence-electron chi connectivity index (χ1n) is 11.6. The lowest BCUT2D eigenvalue weighted by Crippen LogP contribution is -2.50. The molecule has 0 saturated heterocycles. The van der Waals surface area contributed by atoms with E-state index in [1.807, 2.05) is 0 Å². The molecule has 0 saturated carbocycles. The van der Waals surface area contributed by atoms with E-state index in [0.717, 1.165) is 30.3 Å². The SMILES string of the molecule is O=C(N[C@]1(c2ccc(OC(F)(F)F)c(F)c2)CCOc2cccnc21)c1ccc(C(CCO)C(F)(F)F)cc1. The molecule has 1 amide bonds. The molecule has 0 spiro atoms. The van der Waals surface area contributed by atoms with Crippen LogP contribution in [0, 0.1) is 5.82 Å². The Labute approximate surface area is 217 Å². The van der Waals surface area contributed by atoms with Gasteiger partial charge in [0.05, 0.1) is 12.5 Å². The van der Waals surface area contributed by atoms with E-state index in [-0.39, 0.29) is 41.2 Å². The summed E-state index contributed by atoms with van der Waals surface area (Å²) in [4.78, 5) is 17.6. The van der Waals surface area contributed by atoms with Crippen molar-refractivity contribution in [1.29, 1.82) is 0 Å². The number of aromatic nitrogens is 1. The molecule has 1 aromatic heterocycles. The molecule has 2 atom stereocenters. The van der Waals surface area contributed by atoms with E-state index in [1.54, 1.807) is 12.1 Å². The summed E-state index contributed by atoms with van der Waals surface area (Å²) in [6, 6.07) is 10.4. The summed E-state index contributed by atoms with van der Waals surface area (Å²) in [5.41, 5.74) is -1.55. The average molecular weight is 558 g/mol. The van der Waals surface area contributed by atoms with Crippen molar-refractivity contribution in [1.82, 2.24) is 10.3 Å². The van der Waals surface area contributed by atoms with E-state index in [9.17, 15) is 35.5 Å². The number of nitrogens with one attached hydrogen (secondary N) is 1. The minimum atomic E-state index is -5.13. The van der Waals surface area contributed by atoms with Crippen LogP contribution >= 0.6 is 0 Å². The van der Waals surface area contributed by atoms with Crippen LogP contribution in [0.4, 0.5) is 30.7 Å². The van der Waals surface area contributed by atoms with Gasteiger partial charge in [-0.1, -0.05) is 18.2 Å². The Bertz CT molecular complexity index is 1330. The van der Waals surface area contributed by atoms with Crippen LogP contribution in [-0.2, 0) is 5.54 Å². The first kappa shape index (κ1) is 28.1. The number of alkyl halides is 6. The maximum Gasteiger partial charge on any atom is 0.573 e. The summed E-state index contributed by atoms with van der Waals surface area (Å²) in [5, 5.41) is 11.8. The Morgan fingerprint density at radius 1 is 1.10 bits per heavy atom. The van der Waals surface area contributed by atoms with Gasteiger partial charge in [0.15, 0.2) is 11.6 Å². The topological polar surface area (TPSA) is 80.7 Å². The zero-order valence-electron chi connectivity index (χ0n) is 19.9. The van der Waals surface area contributed by atoms with Crippen molar-refractivity contribution in [3.63, 3.8) is 0 Å². The molecule has 2 N–H and O–H groups in total. The van der Waals surface area contributed by atoms with Crippen LogP contribution in [0.5, 0.6) is 11.5 Å². The van der Waals surface area contributed by atoms with Gasteiger partial charge in [0.25, 0.3) is 5.91 Å². The van der Waals surface area contributed by atoms with Gasteiger partial charge in [0.1, 0.15) is 17.0 Å². The van der Waals surface area contributed by atoms with Crippen molar-refractivity contribution < 1.29 is 50.1 Å². The number of halogens is 7. The lowest BCUT2D eigenvalue weighted by atomic mass is 9.81. The van der Waals surface area contributed by atoms with Crippen LogP contribution in [0.15, 0.2) is 60.8 Å². The van der Waals surface area contributed by atoms with Crippen molar-refractivity contribution in [2.45, 2.75) is 36.8 Å². The van der Waals surface area contributed by atoms with Gasteiger partial charge >= 0.3 is 12.5 Å². The fraction of sp³-hybridized carbons (Fsp3) is 0.308. The lowest BCUT2D eigenvalue weighted by Gasteiger charge is -2.39. The maximum absolute atomic E-state index is 14.7. The smallest absolute Gasteiger partial charge is 0.491 e. The highest BCUT2D eigenvalue weighted by molar-refractivity contribution is 5.95. The third kappa shape index (κ3) is 6.08. The largest absolute Gasteiger partial charge is 0.573 e. The molecule has 2 heterocycles. The third-order valence-corrected chi connectivity index (χ3v) is 6.27. The second kappa shape index (κ2) is 10.7. The van der Waals surface area contributed by atoms with Crippen LogP contribution in [-0.4, -0.2) is 41.8 Å². The minimum Gasteiger partial charge on any atom is -0.491 e. The van der Waals surface area contributed by atoms with Crippen molar-refractivity contribution in [3.8, 4) is 11.5 Å². The maximum atomic E-state index is 14.7. The summed E-state index contributed by atoms with van der Waals surface area (Å²) in [7, 11) is 0. The molecule has 0 radical (unpaired) electrons. The number of rotatable bonds is 7. The normalized spacial score (nSPS) is 18.1. The Morgan fingerprint density at radius 3 is 2.44 bits per heavy atom. The molecule has 1 aliphatic heterocycles. The van der Waals surface area contributed by atoms with Gasteiger partial charge in [-0.2, -0.15) is 13.2 Å². The molecular formula is C26H21F7N2O4. The number of hydrogen-bond acceptors (Lipinski definition) is 5. The molecule has 3 aromatic rings. The van der Waals surface area contributed by atoms with E-state index < -0.39 is 54.5 Å². The number of amides is 1. The number of benzene rings is 2. The van der Waals surface area contributed by atoms with Crippen LogP contribution in [0.2, 0.25) is 0 Å². The number of pyridine rings is 1. The van der Waals surface area contributed by atoms with Crippen LogP contribution in [0.1, 0.15) is 45.9 Å². The van der Waals surface area contributed by atoms with Gasteiger partial charge in [0, 0.05) is 24.8 Å². The second-order valence-corrected chi connectivity index (χ2v) is 8.73. The molecule has 0 aliphatic carbocycles. The molecular weight excluding hydrogens is 537 g/mol. The fourth-order valence-corrected chi connectivity index (χ4v) is 4.49. The third-order valence-electron chi connectivity index (χ3n) is 6.27.